The molecule has 2 aromatic rings. The number of phenols is 2. The standard InChI is InChI=1S/C46H62N4O11/c1-22(2)21-50-18-16-46(17-19-50)48-34-31-32-39(54)28(8)42-33(31)43(56)45(10,61-42)59-20-15-30(58-11)25(5)41(60-29(9)51)27(7)38(53)26(6)37(52)23(3)13-12-14-24(4)44(57)47-36(40(32)55)35(34)49-46/h12-15,20,22-23,25-27,30,37-38,41,48,52-55H,16-19,21H2,1-11H3/t23?,25?,26?,27?,30?,37?,38?,41?,45-/m0/s1. The van der Waals surface area contributed by atoms with Crippen LogP contribution < -0.4 is 20.8 Å². The summed E-state index contributed by atoms with van der Waals surface area (Å²) in [4.78, 5) is 52.9. The molecule has 4 aliphatic heterocycles. The number of carbonyl (C=O) groups excluding carboxylic acids is 3. The number of carbonyl (C=O) groups is 3. The molecule has 15 nitrogen and oxygen atoms in total. The molecule has 61 heavy (non-hydrogen) atoms. The topological polar surface area (TPSA) is 209 Å². The van der Waals surface area contributed by atoms with Gasteiger partial charge in [0.2, 0.25) is 0 Å². The van der Waals surface area contributed by atoms with E-state index in [0.29, 0.717) is 24.4 Å². The normalized spacial score (nSPS) is 30.8. The summed E-state index contributed by atoms with van der Waals surface area (Å²) in [6.45, 7) is 19.6. The number of aliphatic hydroxyl groups excluding tert-OH is 2. The molecule has 2 aromatic carbocycles. The van der Waals surface area contributed by atoms with Gasteiger partial charge in [-0.3, -0.25) is 19.4 Å². The number of rotatable bonds is 4. The minimum absolute atomic E-state index is 0.0538. The molecule has 0 aliphatic carbocycles. The number of anilines is 1. The van der Waals surface area contributed by atoms with Gasteiger partial charge in [0.15, 0.2) is 5.75 Å². The summed E-state index contributed by atoms with van der Waals surface area (Å²) in [5, 5.41) is 50.5. The van der Waals surface area contributed by atoms with E-state index in [-0.39, 0.29) is 49.7 Å². The van der Waals surface area contributed by atoms with Crippen LogP contribution in [0, 0.1) is 36.5 Å². The molecule has 0 radical (unpaired) electrons. The monoisotopic (exact) mass is 846 g/mol. The quantitative estimate of drug-likeness (QED) is 0.208. The summed E-state index contributed by atoms with van der Waals surface area (Å²) in [6, 6.07) is 0. The maximum atomic E-state index is 14.7. The minimum Gasteiger partial charge on any atom is -0.507 e. The van der Waals surface area contributed by atoms with E-state index >= 15 is 0 Å². The first-order valence-electron chi connectivity index (χ1n) is 21.2. The number of aliphatic hydroxyl groups is 2. The number of hydrogen-bond donors (Lipinski definition) is 5. The lowest BCUT2D eigenvalue weighted by molar-refractivity contribution is -0.160. The number of likely N-dealkylation sites (tertiary alicyclic amines) is 1. The van der Waals surface area contributed by atoms with Crippen molar-refractivity contribution in [1.29, 1.82) is 0 Å². The summed E-state index contributed by atoms with van der Waals surface area (Å²) in [7, 11) is 1.47. The van der Waals surface area contributed by atoms with Crippen LogP contribution in [-0.2, 0) is 23.8 Å². The van der Waals surface area contributed by atoms with Gasteiger partial charge in [-0.05, 0) is 25.8 Å². The number of benzene rings is 2. The number of Topliss-reactive ketones (excluding diaryl/α,β-unsaturated/α-hetero) is 1. The lowest BCUT2D eigenvalue weighted by Gasteiger charge is -2.38. The van der Waals surface area contributed by atoms with Crippen molar-refractivity contribution in [2.75, 3.05) is 32.1 Å². The van der Waals surface area contributed by atoms with Gasteiger partial charge in [-0.15, -0.1) is 0 Å². The Labute approximate surface area is 356 Å². The molecule has 6 rings (SSSR count). The number of hydrogen-bond acceptors (Lipinski definition) is 14. The number of aromatic hydroxyl groups is 2. The summed E-state index contributed by atoms with van der Waals surface area (Å²) in [5.41, 5.74) is -0.111. The van der Waals surface area contributed by atoms with Crippen molar-refractivity contribution in [3.63, 3.8) is 0 Å². The third-order valence-corrected chi connectivity index (χ3v) is 12.9. The average molecular weight is 847 g/mol. The molecule has 332 valence electrons. The fourth-order valence-corrected chi connectivity index (χ4v) is 9.24. The molecule has 15 heteroatoms. The lowest BCUT2D eigenvalue weighted by Crippen LogP contribution is -2.47. The van der Waals surface area contributed by atoms with Crippen molar-refractivity contribution in [2.24, 2.45) is 39.6 Å². The van der Waals surface area contributed by atoms with Gasteiger partial charge in [0.05, 0.1) is 41.2 Å². The zero-order valence-electron chi connectivity index (χ0n) is 37.1. The van der Waals surface area contributed by atoms with E-state index in [9.17, 15) is 34.8 Å². The van der Waals surface area contributed by atoms with Crippen LogP contribution in [0.15, 0.2) is 46.1 Å². The van der Waals surface area contributed by atoms with Crippen LogP contribution in [0.3, 0.4) is 0 Å². The third kappa shape index (κ3) is 8.54. The van der Waals surface area contributed by atoms with Crippen LogP contribution in [0.4, 0.5) is 5.69 Å². The molecule has 1 saturated heterocycles. The average Bonchev–Trinajstić information content (AvgIpc) is 3.71. The highest BCUT2D eigenvalue weighted by Gasteiger charge is 2.51. The van der Waals surface area contributed by atoms with Crippen molar-refractivity contribution >= 4 is 34.1 Å². The zero-order chi connectivity index (χ0) is 44.9. The number of ether oxygens (including phenoxy) is 4. The van der Waals surface area contributed by atoms with E-state index in [1.54, 1.807) is 65.8 Å². The number of phenolic OH excluding ortho intramolecular Hbond substituents is 2. The van der Waals surface area contributed by atoms with Gasteiger partial charge in [0.25, 0.3) is 11.7 Å². The molecular weight excluding hydrogens is 785 g/mol. The van der Waals surface area contributed by atoms with Crippen LogP contribution >= 0.6 is 0 Å². The highest BCUT2D eigenvalue weighted by atomic mass is 16.7. The Morgan fingerprint density at radius 2 is 1.66 bits per heavy atom. The van der Waals surface area contributed by atoms with E-state index in [0.717, 1.165) is 19.6 Å². The summed E-state index contributed by atoms with van der Waals surface area (Å²) in [5.74, 6) is -6.57. The second kappa shape index (κ2) is 17.5. The first-order valence-corrected chi connectivity index (χ1v) is 21.2. The van der Waals surface area contributed by atoms with Crippen molar-refractivity contribution in [3.8, 4) is 17.2 Å². The number of piperidine rings is 1. The zero-order valence-corrected chi connectivity index (χ0v) is 37.1. The fourth-order valence-electron chi connectivity index (χ4n) is 9.24. The molecule has 1 fully saturated rings. The molecule has 1 spiro atoms. The highest BCUT2D eigenvalue weighted by Crippen LogP contribution is 2.51. The van der Waals surface area contributed by atoms with E-state index in [2.05, 4.69) is 29.1 Å². The van der Waals surface area contributed by atoms with Crippen LogP contribution in [0.5, 0.6) is 17.2 Å². The Bertz CT molecular complexity index is 2300. The number of nitrogens with zero attached hydrogens (tertiary/aromatic N) is 3. The predicted octanol–water partition coefficient (Wildman–Crippen LogP) is 4.75. The van der Waals surface area contributed by atoms with Crippen LogP contribution in [-0.4, -0.2) is 106 Å². The number of ketones is 1. The van der Waals surface area contributed by atoms with Crippen molar-refractivity contribution in [1.82, 2.24) is 4.90 Å². The van der Waals surface area contributed by atoms with Gasteiger partial charge in [-0.2, -0.15) is 0 Å². The lowest BCUT2D eigenvalue weighted by atomic mass is 9.78. The Morgan fingerprint density at radius 3 is 2.28 bits per heavy atom. The number of amides is 1. The van der Waals surface area contributed by atoms with Crippen LogP contribution in [0.1, 0.15) is 91.1 Å². The van der Waals surface area contributed by atoms with E-state index < -0.39 is 82.9 Å². The number of fused-ring (bicyclic) bond motifs is 1. The minimum atomic E-state index is -1.95. The van der Waals surface area contributed by atoms with Crippen molar-refractivity contribution in [2.45, 2.75) is 118 Å². The number of nitrogens with one attached hydrogen (secondary N) is 1. The molecule has 4 aliphatic rings. The second-order valence-electron chi connectivity index (χ2n) is 18.0. The van der Waals surface area contributed by atoms with E-state index in [1.807, 2.05) is 0 Å². The molecule has 1 amide bonds. The maximum absolute atomic E-state index is 14.7. The predicted molar refractivity (Wildman–Crippen MR) is 228 cm³/mol. The highest BCUT2D eigenvalue weighted by molar-refractivity contribution is 6.21. The summed E-state index contributed by atoms with van der Waals surface area (Å²) < 4.78 is 24.0. The van der Waals surface area contributed by atoms with Crippen molar-refractivity contribution in [3.05, 3.63) is 58.0 Å². The van der Waals surface area contributed by atoms with Gasteiger partial charge in [0, 0.05) is 93.6 Å². The SMILES string of the molecule is COC1C=CO[C@@]2(C)Oc3c(C)c(O)c4c(O)c(c5c(c4c3C2=O)NC2(CCN(CC(C)C)CC2)N=5)=NC(=O)C(C)=CC=CC(C)C(O)C(C)C(O)C(C)C(OC(C)=O)C1C. The Balaban J connectivity index is 1.55. The van der Waals surface area contributed by atoms with E-state index in [4.69, 9.17) is 23.9 Å². The molecule has 0 saturated carbocycles. The van der Waals surface area contributed by atoms with Gasteiger partial charge in [-0.25, -0.2) is 4.99 Å². The number of methoxy groups -OCH3 is 1. The molecule has 5 N–H and O–H groups in total. The van der Waals surface area contributed by atoms with Crippen molar-refractivity contribution < 1.29 is 53.8 Å². The smallest absolute Gasteiger partial charge is 0.312 e. The Morgan fingerprint density at radius 1 is 0.984 bits per heavy atom. The van der Waals surface area contributed by atoms with Gasteiger partial charge >= 0.3 is 11.8 Å². The van der Waals surface area contributed by atoms with Gasteiger partial charge in [-0.1, -0.05) is 59.8 Å². The van der Waals surface area contributed by atoms with Gasteiger partial charge in [0.1, 0.15) is 34.0 Å². The molecule has 9 atom stereocenters. The van der Waals surface area contributed by atoms with Gasteiger partial charge < -0.3 is 49.6 Å². The van der Waals surface area contributed by atoms with E-state index in [1.165, 1.54) is 27.2 Å². The van der Waals surface area contributed by atoms with Crippen LogP contribution in [0.2, 0.25) is 0 Å². The molecular formula is C46H62N4O11. The third-order valence-electron chi connectivity index (χ3n) is 12.9. The Hall–Kier alpha value is -4.83. The summed E-state index contributed by atoms with van der Waals surface area (Å²) in [6.07, 6.45) is 5.07. The molecule has 4 bridgehead atoms. The number of esters is 1. The largest absolute Gasteiger partial charge is 0.507 e. The molecule has 0 aromatic heterocycles. The molecule has 8 unspecified atom stereocenters. The first-order chi connectivity index (χ1) is 28.6. The van der Waals surface area contributed by atoms with Crippen LogP contribution in [0.25, 0.3) is 10.8 Å². The molecule has 4 heterocycles. The number of allylic oxidation sites excluding steroid dienone is 2. The fraction of sp³-hybridized carbons (Fsp3) is 0.587. The maximum Gasteiger partial charge on any atom is 0.312 e. The first kappa shape index (κ1) is 45.7. The second-order valence-corrected chi connectivity index (χ2v) is 18.0. The summed E-state index contributed by atoms with van der Waals surface area (Å²) >= 11 is 0. The Kier molecular flexibility index (Phi) is 13.1.